The molecular formula is C24H34N2O7. The van der Waals surface area contributed by atoms with Gasteiger partial charge in [-0.2, -0.15) is 0 Å². The molecule has 1 saturated heterocycles. The highest BCUT2D eigenvalue weighted by molar-refractivity contribution is 6.22. The van der Waals surface area contributed by atoms with Crippen molar-refractivity contribution >= 4 is 17.7 Å². The predicted molar refractivity (Wildman–Crippen MR) is 120 cm³/mol. The zero-order valence-corrected chi connectivity index (χ0v) is 19.5. The molecular weight excluding hydrogens is 428 g/mol. The number of hydrogen-bond acceptors (Lipinski definition) is 7. The molecule has 0 aliphatic carbocycles. The average molecular weight is 463 g/mol. The number of carbonyl (C=O) groups excluding carboxylic acids is 3. The van der Waals surface area contributed by atoms with E-state index in [4.69, 9.17) is 18.9 Å². The van der Waals surface area contributed by atoms with Gasteiger partial charge in [0, 0.05) is 13.1 Å². The summed E-state index contributed by atoms with van der Waals surface area (Å²) in [6, 6.07) is 5.81. The highest BCUT2D eigenvalue weighted by Gasteiger charge is 2.43. The maximum atomic E-state index is 13.7. The molecule has 1 aromatic carbocycles. The van der Waals surface area contributed by atoms with Crippen LogP contribution in [0.2, 0.25) is 0 Å². The number of amides is 3. The van der Waals surface area contributed by atoms with Crippen LogP contribution in [0.15, 0.2) is 24.3 Å². The molecule has 2 aliphatic heterocycles. The quantitative estimate of drug-likeness (QED) is 0.628. The third-order valence-corrected chi connectivity index (χ3v) is 5.56. The molecule has 0 bridgehead atoms. The maximum Gasteiger partial charge on any atom is 0.262 e. The molecule has 3 amide bonds. The van der Waals surface area contributed by atoms with Crippen molar-refractivity contribution in [1.29, 1.82) is 0 Å². The molecule has 2 aliphatic rings. The summed E-state index contributed by atoms with van der Waals surface area (Å²) >= 11 is 0. The molecule has 0 aromatic heterocycles. The van der Waals surface area contributed by atoms with Crippen molar-refractivity contribution < 1.29 is 33.3 Å². The van der Waals surface area contributed by atoms with E-state index in [9.17, 15) is 14.4 Å². The molecule has 0 N–H and O–H groups in total. The lowest BCUT2D eigenvalue weighted by Gasteiger charge is -2.32. The fraction of sp³-hybridized carbons (Fsp3) is 0.625. The highest BCUT2D eigenvalue weighted by atomic mass is 16.6. The molecule has 0 saturated carbocycles. The summed E-state index contributed by atoms with van der Waals surface area (Å²) in [5, 5.41) is 0. The number of nitrogens with zero attached hydrogens (tertiary/aromatic N) is 2. The van der Waals surface area contributed by atoms with E-state index >= 15 is 0 Å². The van der Waals surface area contributed by atoms with Crippen molar-refractivity contribution in [2.24, 2.45) is 5.92 Å². The number of hydrogen-bond donors (Lipinski definition) is 0. The minimum Gasteiger partial charge on any atom is -0.377 e. The summed E-state index contributed by atoms with van der Waals surface area (Å²) in [5.74, 6) is -1.01. The Hall–Kier alpha value is -2.33. The molecule has 33 heavy (non-hydrogen) atoms. The Balaban J connectivity index is 1.75. The number of rotatable bonds is 4. The lowest BCUT2D eigenvalue weighted by Crippen LogP contribution is -2.52. The van der Waals surface area contributed by atoms with Crippen molar-refractivity contribution in [3.8, 4) is 0 Å². The molecule has 9 heteroatoms. The van der Waals surface area contributed by atoms with Gasteiger partial charge in [0.1, 0.15) is 6.04 Å². The predicted octanol–water partition coefficient (Wildman–Crippen LogP) is 1.61. The lowest BCUT2D eigenvalue weighted by atomic mass is 10.0. The first-order valence-electron chi connectivity index (χ1n) is 11.6. The Morgan fingerprint density at radius 2 is 1.21 bits per heavy atom. The number of fused-ring (bicyclic) bond motifs is 1. The smallest absolute Gasteiger partial charge is 0.262 e. The van der Waals surface area contributed by atoms with Crippen LogP contribution in [0.4, 0.5) is 0 Å². The van der Waals surface area contributed by atoms with Gasteiger partial charge in [0.15, 0.2) is 0 Å². The van der Waals surface area contributed by atoms with Crippen molar-refractivity contribution in [3.05, 3.63) is 35.4 Å². The first-order valence-corrected chi connectivity index (χ1v) is 11.6. The van der Waals surface area contributed by atoms with E-state index in [0.717, 1.165) is 4.90 Å². The average Bonchev–Trinajstić information content (AvgIpc) is 3.04. The molecule has 1 unspecified atom stereocenters. The molecule has 1 fully saturated rings. The van der Waals surface area contributed by atoms with Gasteiger partial charge >= 0.3 is 0 Å². The van der Waals surface area contributed by atoms with Crippen molar-refractivity contribution in [3.63, 3.8) is 0 Å². The lowest BCUT2D eigenvalue weighted by molar-refractivity contribution is -0.137. The second-order valence-corrected chi connectivity index (χ2v) is 8.45. The monoisotopic (exact) mass is 462 g/mol. The van der Waals surface area contributed by atoms with Gasteiger partial charge in [0.25, 0.3) is 11.8 Å². The standard InChI is InChI=1S/C24H34N2O7/c1-18(2)17-21(26-22(27)19-5-3-4-6-20(19)23(26)28)24(29)25-7-9-30-11-13-32-15-16-33-14-12-31-10-8-25/h3-6,18,21H,7-17H2,1-2H3. The van der Waals surface area contributed by atoms with Gasteiger partial charge in [0.2, 0.25) is 5.91 Å². The van der Waals surface area contributed by atoms with Gasteiger partial charge in [0.05, 0.1) is 64.0 Å². The number of benzene rings is 1. The van der Waals surface area contributed by atoms with Gasteiger partial charge in [-0.3, -0.25) is 19.3 Å². The fourth-order valence-corrected chi connectivity index (χ4v) is 3.91. The van der Waals surface area contributed by atoms with Crippen LogP contribution in [-0.4, -0.2) is 99.5 Å². The summed E-state index contributed by atoms with van der Waals surface area (Å²) in [6.45, 7) is 7.93. The van der Waals surface area contributed by atoms with Crippen LogP contribution in [0, 0.1) is 5.92 Å². The van der Waals surface area contributed by atoms with Gasteiger partial charge in [-0.1, -0.05) is 26.0 Å². The first-order chi connectivity index (χ1) is 16.0. The van der Waals surface area contributed by atoms with Gasteiger partial charge < -0.3 is 23.8 Å². The Bertz CT molecular complexity index is 763. The largest absolute Gasteiger partial charge is 0.377 e. The Morgan fingerprint density at radius 1 is 0.788 bits per heavy atom. The fourth-order valence-electron chi connectivity index (χ4n) is 3.91. The normalized spacial score (nSPS) is 20.3. The van der Waals surface area contributed by atoms with Crippen LogP contribution in [0.25, 0.3) is 0 Å². The van der Waals surface area contributed by atoms with E-state index in [1.54, 1.807) is 29.2 Å². The Kier molecular flexibility index (Phi) is 9.80. The van der Waals surface area contributed by atoms with Crippen molar-refractivity contribution in [2.45, 2.75) is 26.3 Å². The van der Waals surface area contributed by atoms with E-state index in [1.165, 1.54) is 0 Å². The summed E-state index contributed by atoms with van der Waals surface area (Å²) in [6.07, 6.45) is 0.379. The second kappa shape index (κ2) is 12.8. The van der Waals surface area contributed by atoms with Crippen molar-refractivity contribution in [2.75, 3.05) is 65.9 Å². The molecule has 182 valence electrons. The van der Waals surface area contributed by atoms with E-state index in [2.05, 4.69) is 0 Å². The minimum absolute atomic E-state index is 0.105. The topological polar surface area (TPSA) is 94.6 Å². The van der Waals surface area contributed by atoms with E-state index in [-0.39, 0.29) is 11.8 Å². The highest BCUT2D eigenvalue weighted by Crippen LogP contribution is 2.27. The summed E-state index contributed by atoms with van der Waals surface area (Å²) in [5.41, 5.74) is 0.681. The Morgan fingerprint density at radius 3 is 1.64 bits per heavy atom. The van der Waals surface area contributed by atoms with Gasteiger partial charge in [-0.05, 0) is 24.5 Å². The minimum atomic E-state index is -0.883. The van der Waals surface area contributed by atoms with Crippen molar-refractivity contribution in [1.82, 2.24) is 9.80 Å². The number of ether oxygens (including phenoxy) is 4. The summed E-state index contributed by atoms with van der Waals surface area (Å²) < 4.78 is 22.1. The maximum absolute atomic E-state index is 13.7. The number of carbonyl (C=O) groups is 3. The van der Waals surface area contributed by atoms with Gasteiger partial charge in [-0.25, -0.2) is 0 Å². The van der Waals surface area contributed by atoms with Crippen LogP contribution < -0.4 is 0 Å². The molecule has 0 radical (unpaired) electrons. The van der Waals surface area contributed by atoms with Crippen LogP contribution >= 0.6 is 0 Å². The summed E-state index contributed by atoms with van der Waals surface area (Å²) in [4.78, 5) is 42.6. The Labute approximate surface area is 194 Å². The molecule has 9 nitrogen and oxygen atoms in total. The van der Waals surface area contributed by atoms with Crippen LogP contribution in [0.1, 0.15) is 41.0 Å². The zero-order valence-electron chi connectivity index (χ0n) is 19.5. The molecule has 0 spiro atoms. The van der Waals surface area contributed by atoms with E-state index in [0.29, 0.717) is 83.5 Å². The van der Waals surface area contributed by atoms with E-state index < -0.39 is 17.9 Å². The second-order valence-electron chi connectivity index (χ2n) is 8.45. The molecule has 1 atom stereocenters. The SMILES string of the molecule is CC(C)CC(C(=O)N1CCOCCOCCOCCOCC1)N1C(=O)c2ccccc2C1=O. The number of imide groups is 1. The van der Waals surface area contributed by atoms with Gasteiger partial charge in [-0.15, -0.1) is 0 Å². The summed E-state index contributed by atoms with van der Waals surface area (Å²) in [7, 11) is 0. The van der Waals surface area contributed by atoms with Crippen LogP contribution in [-0.2, 0) is 23.7 Å². The van der Waals surface area contributed by atoms with Crippen LogP contribution in [0.5, 0.6) is 0 Å². The molecule has 1 aromatic rings. The third kappa shape index (κ3) is 6.83. The zero-order chi connectivity index (χ0) is 23.6. The molecule has 2 heterocycles. The first kappa shape index (κ1) is 25.3. The van der Waals surface area contributed by atoms with E-state index in [1.807, 2.05) is 13.8 Å². The molecule has 3 rings (SSSR count). The van der Waals surface area contributed by atoms with Crippen LogP contribution in [0.3, 0.4) is 0 Å². The third-order valence-electron chi connectivity index (χ3n) is 5.56.